The highest BCUT2D eigenvalue weighted by atomic mass is 16.6. The molecule has 0 radical (unpaired) electrons. The van der Waals surface area contributed by atoms with Crippen molar-refractivity contribution in [2.45, 2.75) is 33.8 Å². The van der Waals surface area contributed by atoms with Crippen LogP contribution in [0, 0.1) is 17.0 Å². The molecule has 2 aromatic rings. The number of nitrogens with zero attached hydrogens (tertiary/aromatic N) is 4. The Hall–Kier alpha value is -2.70. The first-order chi connectivity index (χ1) is 10.9. The number of nitro groups is 1. The summed E-state index contributed by atoms with van der Waals surface area (Å²) in [6.45, 7) is 8.01. The molecular formula is C16H20N4O3. The van der Waals surface area contributed by atoms with Gasteiger partial charge in [-0.3, -0.25) is 10.1 Å². The van der Waals surface area contributed by atoms with Gasteiger partial charge in [0.25, 0.3) is 5.88 Å². The Bertz CT molecular complexity index is 703. The van der Waals surface area contributed by atoms with Gasteiger partial charge in [0.2, 0.25) is 5.82 Å². The summed E-state index contributed by atoms with van der Waals surface area (Å²) >= 11 is 0. The average Bonchev–Trinajstić information content (AvgIpc) is 2.47. The van der Waals surface area contributed by atoms with E-state index in [2.05, 4.69) is 9.97 Å². The lowest BCUT2D eigenvalue weighted by molar-refractivity contribution is -0.385. The van der Waals surface area contributed by atoms with Gasteiger partial charge in [-0.25, -0.2) is 4.98 Å². The Kier molecular flexibility index (Phi) is 5.10. The summed E-state index contributed by atoms with van der Waals surface area (Å²) in [6.07, 6.45) is 1.07. The Morgan fingerprint density at radius 3 is 2.65 bits per heavy atom. The van der Waals surface area contributed by atoms with E-state index in [1.807, 2.05) is 38.1 Å². The third kappa shape index (κ3) is 3.74. The number of hydrogen-bond acceptors (Lipinski definition) is 6. The van der Waals surface area contributed by atoms with Crippen LogP contribution < -0.4 is 9.64 Å². The highest BCUT2D eigenvalue weighted by Crippen LogP contribution is 2.37. The SMILES string of the molecule is CCN(c1cccc(C)c1)c1ncnc(OC(C)C)c1[N+](=O)[O-]. The molecule has 122 valence electrons. The first-order valence-electron chi connectivity index (χ1n) is 7.44. The molecular weight excluding hydrogens is 296 g/mol. The van der Waals surface area contributed by atoms with Crippen LogP contribution >= 0.6 is 0 Å². The standard InChI is InChI=1S/C16H20N4O3/c1-5-19(13-8-6-7-12(4)9-13)15-14(20(21)22)16(18-10-17-15)23-11(2)3/h6-11H,5H2,1-4H3. The smallest absolute Gasteiger partial charge is 0.373 e. The molecule has 1 aromatic carbocycles. The molecule has 7 nitrogen and oxygen atoms in total. The topological polar surface area (TPSA) is 81.4 Å². The van der Waals surface area contributed by atoms with Crippen LogP contribution in [0.15, 0.2) is 30.6 Å². The van der Waals surface area contributed by atoms with E-state index < -0.39 is 4.92 Å². The Morgan fingerprint density at radius 1 is 1.35 bits per heavy atom. The van der Waals surface area contributed by atoms with E-state index in [4.69, 9.17) is 4.74 Å². The maximum atomic E-state index is 11.6. The molecule has 0 saturated carbocycles. The van der Waals surface area contributed by atoms with E-state index in [9.17, 15) is 10.1 Å². The van der Waals surface area contributed by atoms with Gasteiger partial charge in [-0.05, 0) is 45.4 Å². The van der Waals surface area contributed by atoms with Crippen molar-refractivity contribution in [1.29, 1.82) is 0 Å². The van der Waals surface area contributed by atoms with E-state index in [-0.39, 0.29) is 23.5 Å². The minimum Gasteiger partial charge on any atom is -0.470 e. The third-order valence-corrected chi connectivity index (χ3v) is 3.18. The van der Waals surface area contributed by atoms with Crippen LogP contribution in [-0.4, -0.2) is 27.5 Å². The van der Waals surface area contributed by atoms with Crippen LogP contribution in [-0.2, 0) is 0 Å². The molecule has 23 heavy (non-hydrogen) atoms. The predicted octanol–water partition coefficient (Wildman–Crippen LogP) is 3.64. The molecule has 0 fully saturated rings. The Morgan fingerprint density at radius 2 is 2.09 bits per heavy atom. The van der Waals surface area contributed by atoms with Crippen LogP contribution in [0.4, 0.5) is 17.2 Å². The van der Waals surface area contributed by atoms with Gasteiger partial charge in [0, 0.05) is 12.2 Å². The fourth-order valence-electron chi connectivity index (χ4n) is 2.27. The van der Waals surface area contributed by atoms with Crippen molar-refractivity contribution in [3.05, 3.63) is 46.3 Å². The minimum absolute atomic E-state index is 0.0129. The molecule has 7 heteroatoms. The number of anilines is 2. The third-order valence-electron chi connectivity index (χ3n) is 3.18. The summed E-state index contributed by atoms with van der Waals surface area (Å²) in [7, 11) is 0. The summed E-state index contributed by atoms with van der Waals surface area (Å²) in [5.74, 6) is 0.217. The van der Waals surface area contributed by atoms with Gasteiger partial charge in [0.1, 0.15) is 6.33 Å². The van der Waals surface area contributed by atoms with E-state index in [0.717, 1.165) is 11.3 Å². The van der Waals surface area contributed by atoms with E-state index in [1.165, 1.54) is 6.33 Å². The number of aryl methyl sites for hydroxylation is 1. The van der Waals surface area contributed by atoms with Gasteiger partial charge in [-0.2, -0.15) is 4.98 Å². The average molecular weight is 316 g/mol. The van der Waals surface area contributed by atoms with Crippen molar-refractivity contribution in [3.8, 4) is 5.88 Å². The fourth-order valence-corrected chi connectivity index (χ4v) is 2.27. The van der Waals surface area contributed by atoms with Crippen LogP contribution in [0.5, 0.6) is 5.88 Å². The first kappa shape index (κ1) is 16.7. The fraction of sp³-hybridized carbons (Fsp3) is 0.375. The highest BCUT2D eigenvalue weighted by Gasteiger charge is 2.29. The lowest BCUT2D eigenvalue weighted by Gasteiger charge is -2.22. The first-order valence-corrected chi connectivity index (χ1v) is 7.44. The summed E-state index contributed by atoms with van der Waals surface area (Å²) in [4.78, 5) is 20.9. The van der Waals surface area contributed by atoms with Gasteiger partial charge in [-0.1, -0.05) is 12.1 Å². The second kappa shape index (κ2) is 7.04. The molecule has 1 aromatic heterocycles. The van der Waals surface area contributed by atoms with Crippen LogP contribution in [0.3, 0.4) is 0 Å². The Balaban J connectivity index is 2.58. The highest BCUT2D eigenvalue weighted by molar-refractivity contribution is 5.71. The van der Waals surface area contributed by atoms with Crippen molar-refractivity contribution >= 4 is 17.2 Å². The molecule has 1 heterocycles. The zero-order valence-electron chi connectivity index (χ0n) is 13.7. The summed E-state index contributed by atoms with van der Waals surface area (Å²) in [5, 5.41) is 11.6. The molecule has 0 bridgehead atoms. The zero-order chi connectivity index (χ0) is 17.0. The normalized spacial score (nSPS) is 10.7. The molecule has 0 saturated heterocycles. The largest absolute Gasteiger partial charge is 0.470 e. The van der Waals surface area contributed by atoms with E-state index in [0.29, 0.717) is 6.54 Å². The van der Waals surface area contributed by atoms with Crippen molar-refractivity contribution in [1.82, 2.24) is 9.97 Å². The lowest BCUT2D eigenvalue weighted by Crippen LogP contribution is -2.20. The number of benzene rings is 1. The molecule has 2 rings (SSSR count). The Labute approximate surface area is 135 Å². The van der Waals surface area contributed by atoms with Gasteiger partial charge < -0.3 is 9.64 Å². The molecule has 0 unspecified atom stereocenters. The van der Waals surface area contributed by atoms with E-state index in [1.54, 1.807) is 18.7 Å². The van der Waals surface area contributed by atoms with Crippen LogP contribution in [0.25, 0.3) is 0 Å². The number of rotatable bonds is 6. The second-order valence-electron chi connectivity index (χ2n) is 5.36. The molecule has 0 amide bonds. The summed E-state index contributed by atoms with van der Waals surface area (Å²) in [6, 6.07) is 7.73. The maximum Gasteiger partial charge on any atom is 0.373 e. The molecule has 0 aliphatic rings. The maximum absolute atomic E-state index is 11.6. The zero-order valence-corrected chi connectivity index (χ0v) is 13.7. The van der Waals surface area contributed by atoms with Crippen LogP contribution in [0.1, 0.15) is 26.3 Å². The van der Waals surface area contributed by atoms with Gasteiger partial charge in [0.05, 0.1) is 11.0 Å². The summed E-state index contributed by atoms with van der Waals surface area (Å²) < 4.78 is 5.48. The quantitative estimate of drug-likeness (QED) is 0.598. The molecule has 0 N–H and O–H groups in total. The van der Waals surface area contributed by atoms with Crippen LogP contribution in [0.2, 0.25) is 0 Å². The predicted molar refractivity (Wildman–Crippen MR) is 88.3 cm³/mol. The van der Waals surface area contributed by atoms with Gasteiger partial charge >= 0.3 is 5.69 Å². The van der Waals surface area contributed by atoms with Gasteiger partial charge in [0.15, 0.2) is 0 Å². The number of ether oxygens (including phenoxy) is 1. The van der Waals surface area contributed by atoms with Crippen molar-refractivity contribution in [2.24, 2.45) is 0 Å². The number of hydrogen-bond donors (Lipinski definition) is 0. The number of aromatic nitrogens is 2. The molecule has 0 spiro atoms. The minimum atomic E-state index is -0.495. The van der Waals surface area contributed by atoms with Gasteiger partial charge in [-0.15, -0.1) is 0 Å². The van der Waals surface area contributed by atoms with Crippen molar-refractivity contribution < 1.29 is 9.66 Å². The lowest BCUT2D eigenvalue weighted by atomic mass is 10.2. The van der Waals surface area contributed by atoms with Crippen molar-refractivity contribution in [3.63, 3.8) is 0 Å². The van der Waals surface area contributed by atoms with Crippen molar-refractivity contribution in [2.75, 3.05) is 11.4 Å². The monoisotopic (exact) mass is 316 g/mol. The second-order valence-corrected chi connectivity index (χ2v) is 5.36. The summed E-state index contributed by atoms with van der Waals surface area (Å²) in [5.41, 5.74) is 1.69. The molecule has 0 atom stereocenters. The van der Waals surface area contributed by atoms with E-state index >= 15 is 0 Å². The molecule has 0 aliphatic carbocycles. The molecule has 0 aliphatic heterocycles.